The Balaban J connectivity index is 1.69. The quantitative estimate of drug-likeness (QED) is 0.922. The van der Waals surface area contributed by atoms with Crippen molar-refractivity contribution in [3.63, 3.8) is 0 Å². The molecule has 0 aromatic heterocycles. The zero-order valence-corrected chi connectivity index (χ0v) is 14.3. The van der Waals surface area contributed by atoms with Crippen LogP contribution in [0.25, 0.3) is 0 Å². The standard InChI is InChI=1S/C21H23N3O/c22-16-18-11-13-24(14-12-18)21(25)23-20(19-9-5-2-6-10-19)15-17-7-3-1-4-8-17/h1-10,18,20H,11-15H2,(H,23,25)/t20-/m1/s1. The number of amides is 2. The smallest absolute Gasteiger partial charge is 0.317 e. The molecular formula is C21H23N3O. The van der Waals surface area contributed by atoms with Gasteiger partial charge in [-0.05, 0) is 30.4 Å². The SMILES string of the molecule is N#CC1CCN(C(=O)N[C@H](Cc2ccccc2)c2ccccc2)CC1. The van der Waals surface area contributed by atoms with Gasteiger partial charge in [0.05, 0.1) is 12.1 Å². The van der Waals surface area contributed by atoms with Crippen LogP contribution in [0.5, 0.6) is 0 Å². The van der Waals surface area contributed by atoms with Crippen molar-refractivity contribution in [2.24, 2.45) is 5.92 Å². The molecule has 0 saturated carbocycles. The second-order valence-electron chi connectivity index (χ2n) is 6.49. The fourth-order valence-electron chi connectivity index (χ4n) is 3.24. The van der Waals surface area contributed by atoms with Crippen LogP contribution in [0.15, 0.2) is 60.7 Å². The average molecular weight is 333 g/mol. The number of nitrogens with one attached hydrogen (secondary N) is 1. The lowest BCUT2D eigenvalue weighted by molar-refractivity contribution is 0.175. The van der Waals surface area contributed by atoms with E-state index in [0.717, 1.165) is 24.8 Å². The van der Waals surface area contributed by atoms with Crippen molar-refractivity contribution in [3.8, 4) is 6.07 Å². The van der Waals surface area contributed by atoms with Crippen LogP contribution < -0.4 is 5.32 Å². The largest absolute Gasteiger partial charge is 0.331 e. The molecule has 3 rings (SSSR count). The molecule has 1 atom stereocenters. The van der Waals surface area contributed by atoms with Gasteiger partial charge in [-0.15, -0.1) is 0 Å². The molecule has 1 N–H and O–H groups in total. The van der Waals surface area contributed by atoms with E-state index in [4.69, 9.17) is 5.26 Å². The monoisotopic (exact) mass is 333 g/mol. The van der Waals surface area contributed by atoms with Gasteiger partial charge in [-0.2, -0.15) is 5.26 Å². The number of urea groups is 1. The second-order valence-corrected chi connectivity index (χ2v) is 6.49. The summed E-state index contributed by atoms with van der Waals surface area (Å²) in [6.07, 6.45) is 2.28. The van der Waals surface area contributed by atoms with Gasteiger partial charge in [-0.1, -0.05) is 60.7 Å². The maximum absolute atomic E-state index is 12.7. The Morgan fingerprint density at radius 1 is 1.08 bits per heavy atom. The molecule has 2 amide bonds. The van der Waals surface area contributed by atoms with Crippen LogP contribution in [0.4, 0.5) is 4.79 Å². The number of benzene rings is 2. The molecular weight excluding hydrogens is 310 g/mol. The molecule has 4 heteroatoms. The lowest BCUT2D eigenvalue weighted by Crippen LogP contribution is -2.45. The minimum absolute atomic E-state index is 0.0406. The Bertz CT molecular complexity index is 716. The van der Waals surface area contributed by atoms with E-state index < -0.39 is 0 Å². The maximum atomic E-state index is 12.7. The Morgan fingerprint density at radius 2 is 1.68 bits per heavy atom. The molecule has 1 fully saturated rings. The minimum atomic E-state index is -0.0650. The van der Waals surface area contributed by atoms with Crippen LogP contribution in [0.2, 0.25) is 0 Å². The van der Waals surface area contributed by atoms with Crippen molar-refractivity contribution < 1.29 is 4.79 Å². The van der Waals surface area contributed by atoms with Crippen molar-refractivity contribution in [2.45, 2.75) is 25.3 Å². The first-order chi connectivity index (χ1) is 12.3. The summed E-state index contributed by atoms with van der Waals surface area (Å²) < 4.78 is 0. The van der Waals surface area contributed by atoms with Gasteiger partial charge >= 0.3 is 6.03 Å². The Labute approximate surface area is 149 Å². The van der Waals surface area contributed by atoms with Crippen LogP contribution in [0.1, 0.15) is 30.0 Å². The number of carbonyl (C=O) groups is 1. The van der Waals surface area contributed by atoms with E-state index in [-0.39, 0.29) is 18.0 Å². The number of likely N-dealkylation sites (tertiary alicyclic amines) is 1. The fraction of sp³-hybridized carbons (Fsp3) is 0.333. The van der Waals surface area contributed by atoms with Gasteiger partial charge in [-0.25, -0.2) is 4.79 Å². The molecule has 1 aliphatic rings. The van der Waals surface area contributed by atoms with Crippen molar-refractivity contribution in [2.75, 3.05) is 13.1 Å². The number of hydrogen-bond acceptors (Lipinski definition) is 2. The van der Waals surface area contributed by atoms with Crippen LogP contribution in [-0.4, -0.2) is 24.0 Å². The molecule has 2 aromatic carbocycles. The number of rotatable bonds is 4. The first-order valence-corrected chi connectivity index (χ1v) is 8.80. The molecule has 1 heterocycles. The van der Waals surface area contributed by atoms with Gasteiger partial charge in [0.2, 0.25) is 0 Å². The molecule has 1 aliphatic heterocycles. The predicted octanol–water partition coefficient (Wildman–Crippen LogP) is 3.92. The molecule has 0 unspecified atom stereocenters. The summed E-state index contributed by atoms with van der Waals surface area (Å²) in [6, 6.07) is 22.5. The van der Waals surface area contributed by atoms with E-state index in [1.807, 2.05) is 41.3 Å². The number of carbonyl (C=O) groups excluding carboxylic acids is 1. The third-order valence-electron chi connectivity index (χ3n) is 4.75. The van der Waals surface area contributed by atoms with Crippen molar-refractivity contribution >= 4 is 6.03 Å². The van der Waals surface area contributed by atoms with Crippen LogP contribution in [0.3, 0.4) is 0 Å². The highest BCUT2D eigenvalue weighted by Crippen LogP contribution is 2.21. The molecule has 0 radical (unpaired) electrons. The summed E-state index contributed by atoms with van der Waals surface area (Å²) >= 11 is 0. The topological polar surface area (TPSA) is 56.1 Å². The molecule has 0 bridgehead atoms. The number of nitriles is 1. The Hall–Kier alpha value is -2.80. The van der Waals surface area contributed by atoms with Gasteiger partial charge in [0.15, 0.2) is 0 Å². The molecule has 2 aromatic rings. The molecule has 25 heavy (non-hydrogen) atoms. The highest BCUT2D eigenvalue weighted by atomic mass is 16.2. The van der Waals surface area contributed by atoms with Crippen molar-refractivity contribution in [3.05, 3.63) is 71.8 Å². The highest BCUT2D eigenvalue weighted by Gasteiger charge is 2.24. The lowest BCUT2D eigenvalue weighted by Gasteiger charge is -2.31. The number of piperidine rings is 1. The number of hydrogen-bond donors (Lipinski definition) is 1. The summed E-state index contributed by atoms with van der Waals surface area (Å²) in [7, 11) is 0. The third kappa shape index (κ3) is 4.60. The zero-order valence-electron chi connectivity index (χ0n) is 14.3. The van der Waals surface area contributed by atoms with Gasteiger partial charge in [0, 0.05) is 19.0 Å². The summed E-state index contributed by atoms with van der Waals surface area (Å²) in [4.78, 5) is 14.5. The maximum Gasteiger partial charge on any atom is 0.317 e. The van der Waals surface area contributed by atoms with Gasteiger partial charge in [0.1, 0.15) is 0 Å². The number of nitrogens with zero attached hydrogens (tertiary/aromatic N) is 2. The summed E-state index contributed by atoms with van der Waals surface area (Å²) in [5.74, 6) is 0.0817. The van der Waals surface area contributed by atoms with E-state index in [2.05, 4.69) is 35.7 Å². The van der Waals surface area contributed by atoms with Crippen LogP contribution >= 0.6 is 0 Å². The first-order valence-electron chi connectivity index (χ1n) is 8.80. The van der Waals surface area contributed by atoms with E-state index >= 15 is 0 Å². The Kier molecular flexibility index (Phi) is 5.69. The van der Waals surface area contributed by atoms with Gasteiger partial charge < -0.3 is 10.2 Å². The highest BCUT2D eigenvalue weighted by molar-refractivity contribution is 5.75. The first kappa shape index (κ1) is 17.0. The Morgan fingerprint density at radius 3 is 2.28 bits per heavy atom. The summed E-state index contributed by atoms with van der Waals surface area (Å²) in [5, 5.41) is 12.2. The molecule has 4 nitrogen and oxygen atoms in total. The average Bonchev–Trinajstić information content (AvgIpc) is 2.69. The van der Waals surface area contributed by atoms with Crippen molar-refractivity contribution in [1.82, 2.24) is 10.2 Å². The van der Waals surface area contributed by atoms with Gasteiger partial charge in [0.25, 0.3) is 0 Å². The summed E-state index contributed by atoms with van der Waals surface area (Å²) in [6.45, 7) is 1.30. The molecule has 128 valence electrons. The van der Waals surface area contributed by atoms with E-state index in [0.29, 0.717) is 13.1 Å². The lowest BCUT2D eigenvalue weighted by atomic mass is 9.98. The van der Waals surface area contributed by atoms with E-state index in [1.54, 1.807) is 0 Å². The normalized spacial score (nSPS) is 16.0. The second kappa shape index (κ2) is 8.34. The predicted molar refractivity (Wildman–Crippen MR) is 97.8 cm³/mol. The van der Waals surface area contributed by atoms with Gasteiger partial charge in [-0.3, -0.25) is 0 Å². The van der Waals surface area contributed by atoms with Crippen molar-refractivity contribution in [1.29, 1.82) is 5.26 Å². The zero-order chi connectivity index (χ0) is 17.5. The minimum Gasteiger partial charge on any atom is -0.331 e. The van der Waals surface area contributed by atoms with Crippen LogP contribution in [0, 0.1) is 17.2 Å². The fourth-order valence-corrected chi connectivity index (χ4v) is 3.24. The molecule has 1 saturated heterocycles. The summed E-state index contributed by atoms with van der Waals surface area (Å²) in [5.41, 5.74) is 2.30. The van der Waals surface area contributed by atoms with E-state index in [9.17, 15) is 4.79 Å². The molecule has 0 aliphatic carbocycles. The van der Waals surface area contributed by atoms with E-state index in [1.165, 1.54) is 5.56 Å². The third-order valence-corrected chi connectivity index (χ3v) is 4.75. The van der Waals surface area contributed by atoms with Crippen LogP contribution in [-0.2, 0) is 6.42 Å². The molecule has 0 spiro atoms.